The van der Waals surface area contributed by atoms with Gasteiger partial charge in [0, 0.05) is 43.7 Å². The second kappa shape index (κ2) is 7.40. The van der Waals surface area contributed by atoms with Crippen molar-refractivity contribution >= 4 is 28.1 Å². The number of nitrogens with zero attached hydrogens (tertiary/aromatic N) is 3. The summed E-state index contributed by atoms with van der Waals surface area (Å²) in [6.07, 6.45) is 3.85. The third kappa shape index (κ3) is 3.05. The van der Waals surface area contributed by atoms with E-state index >= 15 is 0 Å². The van der Waals surface area contributed by atoms with Crippen molar-refractivity contribution in [3.8, 4) is 0 Å². The summed E-state index contributed by atoms with van der Waals surface area (Å²) < 4.78 is 2.16. The Labute approximate surface area is 177 Å². The van der Waals surface area contributed by atoms with Crippen molar-refractivity contribution < 1.29 is 4.79 Å². The number of carbonyl (C=O) groups excluding carboxylic acids is 1. The van der Waals surface area contributed by atoms with Gasteiger partial charge in [0.15, 0.2) is 0 Å². The number of carbonyl (C=O) groups is 1. The molecule has 0 saturated carbocycles. The molecule has 5 heteroatoms. The van der Waals surface area contributed by atoms with Crippen LogP contribution in [0.4, 0.5) is 0 Å². The monoisotopic (exact) mass is 400 g/mol. The molecule has 2 aromatic carbocycles. The summed E-state index contributed by atoms with van der Waals surface area (Å²) in [6, 6.07) is 14.6. The first-order valence-electron chi connectivity index (χ1n) is 10.9. The number of nitrogens with two attached hydrogens (primary N) is 1. The lowest BCUT2D eigenvalue weighted by Crippen LogP contribution is -2.45. The molecular weight excluding hydrogens is 372 g/mol. The summed E-state index contributed by atoms with van der Waals surface area (Å²) in [5.74, 6) is 1.06. The number of likely N-dealkylation sites (tertiary alicyclic amines) is 1. The molecule has 1 aromatic heterocycles. The topological polar surface area (TPSA) is 64.2 Å². The standard InChI is InChI=1S/C25H28N4O/c1-3-19-20-9-5-4-7-16(20)13-21(19)24-27-22-14-17(10-11-23(22)28(24)2)25(30)29-12-6-8-18(26)15-29/h4-5,7,9-11,14,18H,3,6,8,12-13,15,26H2,1-2H3/t18-/m1/s1. The lowest BCUT2D eigenvalue weighted by atomic mass is 10.0. The van der Waals surface area contributed by atoms with Crippen molar-refractivity contribution in [1.82, 2.24) is 14.5 Å². The van der Waals surface area contributed by atoms with Gasteiger partial charge in [-0.25, -0.2) is 4.98 Å². The van der Waals surface area contributed by atoms with Gasteiger partial charge in [-0.05, 0) is 54.2 Å². The molecule has 1 fully saturated rings. The molecule has 1 aliphatic carbocycles. The molecule has 0 radical (unpaired) electrons. The lowest BCUT2D eigenvalue weighted by Gasteiger charge is -2.30. The lowest BCUT2D eigenvalue weighted by molar-refractivity contribution is 0.0709. The van der Waals surface area contributed by atoms with Gasteiger partial charge in [-0.15, -0.1) is 0 Å². The molecular formula is C25H28N4O. The summed E-state index contributed by atoms with van der Waals surface area (Å²) in [4.78, 5) is 19.9. The van der Waals surface area contributed by atoms with E-state index in [0.717, 1.165) is 49.1 Å². The predicted octanol–water partition coefficient (Wildman–Crippen LogP) is 4.01. The van der Waals surface area contributed by atoms with E-state index in [1.165, 1.54) is 22.3 Å². The van der Waals surface area contributed by atoms with Crippen LogP contribution in [0.2, 0.25) is 0 Å². The Morgan fingerprint density at radius 3 is 2.87 bits per heavy atom. The van der Waals surface area contributed by atoms with Crippen LogP contribution in [0.3, 0.4) is 0 Å². The highest BCUT2D eigenvalue weighted by Gasteiger charge is 2.26. The average molecular weight is 401 g/mol. The van der Waals surface area contributed by atoms with Gasteiger partial charge in [0.05, 0.1) is 11.0 Å². The largest absolute Gasteiger partial charge is 0.337 e. The first-order valence-corrected chi connectivity index (χ1v) is 10.9. The van der Waals surface area contributed by atoms with Crippen molar-refractivity contribution in [3.05, 3.63) is 65.0 Å². The van der Waals surface area contributed by atoms with Crippen LogP contribution in [0.15, 0.2) is 42.5 Å². The number of allylic oxidation sites excluding steroid dienone is 2. The minimum Gasteiger partial charge on any atom is -0.337 e. The Balaban J connectivity index is 1.53. The Bertz CT molecular complexity index is 1170. The van der Waals surface area contributed by atoms with Crippen molar-refractivity contribution in [1.29, 1.82) is 0 Å². The molecule has 5 nitrogen and oxygen atoms in total. The van der Waals surface area contributed by atoms with E-state index in [1.807, 2.05) is 23.1 Å². The van der Waals surface area contributed by atoms with E-state index in [2.05, 4.69) is 42.8 Å². The Kier molecular flexibility index (Phi) is 4.70. The van der Waals surface area contributed by atoms with E-state index in [9.17, 15) is 4.79 Å². The maximum atomic E-state index is 13.0. The number of aromatic nitrogens is 2. The first-order chi connectivity index (χ1) is 14.6. The van der Waals surface area contributed by atoms with E-state index in [0.29, 0.717) is 12.1 Å². The summed E-state index contributed by atoms with van der Waals surface area (Å²) in [7, 11) is 2.07. The van der Waals surface area contributed by atoms with Gasteiger partial charge in [0.25, 0.3) is 5.91 Å². The highest BCUT2D eigenvalue weighted by atomic mass is 16.2. The second-order valence-electron chi connectivity index (χ2n) is 8.50. The number of rotatable bonds is 3. The highest BCUT2D eigenvalue weighted by molar-refractivity contribution is 6.00. The number of piperidine rings is 1. The van der Waals surface area contributed by atoms with Crippen LogP contribution in [-0.2, 0) is 13.5 Å². The summed E-state index contributed by atoms with van der Waals surface area (Å²) in [5.41, 5.74) is 14.1. The van der Waals surface area contributed by atoms with E-state index in [4.69, 9.17) is 10.7 Å². The number of hydrogen-bond acceptors (Lipinski definition) is 3. The molecule has 154 valence electrons. The summed E-state index contributed by atoms with van der Waals surface area (Å²) in [5, 5.41) is 0. The minimum absolute atomic E-state index is 0.0565. The van der Waals surface area contributed by atoms with E-state index in [-0.39, 0.29) is 11.9 Å². The quantitative estimate of drug-likeness (QED) is 0.722. The van der Waals surface area contributed by atoms with Crippen molar-refractivity contribution in [2.24, 2.45) is 12.8 Å². The molecule has 1 atom stereocenters. The Hall–Kier alpha value is -2.92. The number of benzene rings is 2. The summed E-state index contributed by atoms with van der Waals surface area (Å²) in [6.45, 7) is 3.62. The van der Waals surface area contributed by atoms with E-state index in [1.54, 1.807) is 0 Å². The van der Waals surface area contributed by atoms with Crippen molar-refractivity contribution in [3.63, 3.8) is 0 Å². The number of imidazole rings is 1. The van der Waals surface area contributed by atoms with Crippen molar-refractivity contribution in [2.75, 3.05) is 13.1 Å². The smallest absolute Gasteiger partial charge is 0.253 e. The van der Waals surface area contributed by atoms with Crippen LogP contribution in [0.1, 0.15) is 53.5 Å². The van der Waals surface area contributed by atoms with Crippen LogP contribution < -0.4 is 5.73 Å². The van der Waals surface area contributed by atoms with Gasteiger partial charge in [-0.2, -0.15) is 0 Å². The first kappa shape index (κ1) is 19.1. The molecule has 0 bridgehead atoms. The molecule has 1 saturated heterocycles. The number of hydrogen-bond donors (Lipinski definition) is 1. The maximum absolute atomic E-state index is 13.0. The van der Waals surface area contributed by atoms with Crippen LogP contribution >= 0.6 is 0 Å². The number of aryl methyl sites for hydroxylation is 1. The molecule has 3 aromatic rings. The van der Waals surface area contributed by atoms with Gasteiger partial charge in [-0.3, -0.25) is 4.79 Å². The molecule has 1 aliphatic heterocycles. The van der Waals surface area contributed by atoms with E-state index < -0.39 is 0 Å². The normalized spacial score (nSPS) is 18.9. The molecule has 2 N–H and O–H groups in total. The van der Waals surface area contributed by atoms with Gasteiger partial charge >= 0.3 is 0 Å². The van der Waals surface area contributed by atoms with Crippen LogP contribution in [0.5, 0.6) is 0 Å². The molecule has 5 rings (SSSR count). The Morgan fingerprint density at radius 1 is 1.23 bits per heavy atom. The molecule has 0 unspecified atom stereocenters. The molecule has 2 heterocycles. The van der Waals surface area contributed by atoms with Gasteiger partial charge in [0.1, 0.15) is 5.82 Å². The fraction of sp³-hybridized carbons (Fsp3) is 0.360. The fourth-order valence-electron chi connectivity index (χ4n) is 5.03. The minimum atomic E-state index is 0.0565. The number of fused-ring (bicyclic) bond motifs is 2. The third-order valence-electron chi connectivity index (χ3n) is 6.57. The number of amides is 1. The van der Waals surface area contributed by atoms with Crippen LogP contribution in [0, 0.1) is 0 Å². The molecule has 2 aliphatic rings. The zero-order valence-electron chi connectivity index (χ0n) is 17.7. The summed E-state index contributed by atoms with van der Waals surface area (Å²) >= 11 is 0. The van der Waals surface area contributed by atoms with Crippen LogP contribution in [0.25, 0.3) is 22.2 Å². The second-order valence-corrected chi connectivity index (χ2v) is 8.50. The SMILES string of the molecule is CCC1=C(c2nc3cc(C(=O)N4CCC[C@@H](N)C4)ccc3n2C)Cc2ccccc21. The third-order valence-corrected chi connectivity index (χ3v) is 6.57. The zero-order chi connectivity index (χ0) is 20.8. The van der Waals surface area contributed by atoms with Gasteiger partial charge in [0.2, 0.25) is 0 Å². The fourth-order valence-corrected chi connectivity index (χ4v) is 5.03. The molecule has 1 amide bonds. The Morgan fingerprint density at radius 2 is 2.07 bits per heavy atom. The van der Waals surface area contributed by atoms with Gasteiger partial charge < -0.3 is 15.2 Å². The predicted molar refractivity (Wildman–Crippen MR) is 121 cm³/mol. The highest BCUT2D eigenvalue weighted by Crippen LogP contribution is 2.40. The van der Waals surface area contributed by atoms with Gasteiger partial charge in [-0.1, -0.05) is 31.2 Å². The van der Waals surface area contributed by atoms with Crippen LogP contribution in [-0.4, -0.2) is 39.5 Å². The zero-order valence-corrected chi connectivity index (χ0v) is 17.7. The maximum Gasteiger partial charge on any atom is 0.253 e. The molecule has 0 spiro atoms. The average Bonchev–Trinajstić information content (AvgIpc) is 3.30. The van der Waals surface area contributed by atoms with Crippen molar-refractivity contribution in [2.45, 2.75) is 38.6 Å². The molecule has 30 heavy (non-hydrogen) atoms.